The zero-order valence-corrected chi connectivity index (χ0v) is 17.0. The molecule has 7 unspecified atom stereocenters. The minimum Gasteiger partial charge on any atom is -0.330 e. The first-order valence-corrected chi connectivity index (χ1v) is 11.5. The molecule has 0 spiro atoms. The number of imide groups is 1. The quantitative estimate of drug-likeness (QED) is 0.497. The Hall–Kier alpha value is -1.51. The van der Waals surface area contributed by atoms with Crippen molar-refractivity contribution in [2.75, 3.05) is 13.2 Å². The molecular formula is C21H33N5O3. The van der Waals surface area contributed by atoms with Crippen LogP contribution in [0.25, 0.3) is 0 Å². The summed E-state index contributed by atoms with van der Waals surface area (Å²) in [7, 11) is 0. The molecule has 2 aliphatic carbocycles. The fourth-order valence-corrected chi connectivity index (χ4v) is 6.42. The minimum atomic E-state index is -0.466. The van der Waals surface area contributed by atoms with Crippen LogP contribution in [0.1, 0.15) is 57.8 Å². The fourth-order valence-electron chi connectivity index (χ4n) is 6.42. The van der Waals surface area contributed by atoms with Gasteiger partial charge in [0.05, 0.1) is 6.17 Å². The van der Waals surface area contributed by atoms with Crippen molar-refractivity contribution in [3.63, 3.8) is 0 Å². The van der Waals surface area contributed by atoms with Crippen LogP contribution in [0.5, 0.6) is 0 Å². The molecule has 5 aliphatic rings. The van der Waals surface area contributed by atoms with Crippen molar-refractivity contribution in [1.82, 2.24) is 26.2 Å². The number of rotatable bonds is 3. The van der Waals surface area contributed by atoms with Crippen LogP contribution in [0.2, 0.25) is 0 Å². The van der Waals surface area contributed by atoms with Crippen LogP contribution in [0.3, 0.4) is 0 Å². The van der Waals surface area contributed by atoms with E-state index in [0.29, 0.717) is 49.5 Å². The minimum absolute atomic E-state index is 0.00977. The fraction of sp³-hybridized carbons (Fsp3) is 0.857. The van der Waals surface area contributed by atoms with E-state index in [4.69, 9.17) is 0 Å². The Bertz CT molecular complexity index is 683. The van der Waals surface area contributed by atoms with Crippen molar-refractivity contribution < 1.29 is 14.4 Å². The first kappa shape index (κ1) is 19.5. The third kappa shape index (κ3) is 3.70. The van der Waals surface area contributed by atoms with Crippen molar-refractivity contribution in [3.8, 4) is 0 Å². The lowest BCUT2D eigenvalue weighted by molar-refractivity contribution is -0.144. The maximum absolute atomic E-state index is 13.1. The number of hydrogen-bond acceptors (Lipinski definition) is 6. The monoisotopic (exact) mass is 403 g/mol. The van der Waals surface area contributed by atoms with Gasteiger partial charge in [-0.1, -0.05) is 12.8 Å². The second-order valence-corrected chi connectivity index (χ2v) is 9.62. The Morgan fingerprint density at radius 3 is 2.69 bits per heavy atom. The van der Waals surface area contributed by atoms with Crippen molar-refractivity contribution >= 4 is 17.7 Å². The molecule has 0 aromatic rings. The van der Waals surface area contributed by atoms with Crippen LogP contribution < -0.4 is 21.3 Å². The third-order valence-electron chi connectivity index (χ3n) is 7.96. The van der Waals surface area contributed by atoms with Crippen molar-refractivity contribution in [2.45, 2.75) is 82.1 Å². The Labute approximate surface area is 171 Å². The summed E-state index contributed by atoms with van der Waals surface area (Å²) in [5.74, 6) is 0.560. The average molecular weight is 404 g/mol. The molecule has 3 amide bonds. The van der Waals surface area contributed by atoms with Gasteiger partial charge in [-0.2, -0.15) is 0 Å². The van der Waals surface area contributed by atoms with Crippen LogP contribution in [-0.4, -0.2) is 60.1 Å². The molecule has 3 heterocycles. The summed E-state index contributed by atoms with van der Waals surface area (Å²) in [6.07, 6.45) is 9.21. The second-order valence-electron chi connectivity index (χ2n) is 9.62. The Balaban J connectivity index is 1.21. The summed E-state index contributed by atoms with van der Waals surface area (Å²) in [4.78, 5) is 38.6. The zero-order chi connectivity index (χ0) is 20.0. The molecule has 5 fully saturated rings. The number of piperidine rings is 1. The standard InChI is InChI=1S/C21H33N5O3/c27-18-8-7-17(20(28)25-18)26-10-12-5-6-13(9-15(12)21(26)29)24-19-14-3-1-2-4-16(14)22-11-23-19/h12-17,19,22-24H,1-11H2,(H,25,27,28). The Morgan fingerprint density at radius 1 is 0.966 bits per heavy atom. The summed E-state index contributed by atoms with van der Waals surface area (Å²) in [6, 6.07) is 0.487. The molecule has 8 nitrogen and oxygen atoms in total. The predicted molar refractivity (Wildman–Crippen MR) is 106 cm³/mol. The highest BCUT2D eigenvalue weighted by atomic mass is 16.2. The molecule has 4 N–H and O–H groups in total. The highest BCUT2D eigenvalue weighted by molar-refractivity contribution is 6.02. The summed E-state index contributed by atoms with van der Waals surface area (Å²) < 4.78 is 0. The maximum Gasteiger partial charge on any atom is 0.249 e. The first-order valence-electron chi connectivity index (χ1n) is 11.5. The van der Waals surface area contributed by atoms with Crippen LogP contribution >= 0.6 is 0 Å². The maximum atomic E-state index is 13.1. The number of amides is 3. The Kier molecular flexibility index (Phi) is 5.34. The lowest BCUT2D eigenvalue weighted by Crippen LogP contribution is -2.65. The zero-order valence-electron chi connectivity index (χ0n) is 17.0. The van der Waals surface area contributed by atoms with E-state index in [1.54, 1.807) is 4.90 Å². The molecule has 29 heavy (non-hydrogen) atoms. The van der Waals surface area contributed by atoms with Gasteiger partial charge >= 0.3 is 0 Å². The topological polar surface area (TPSA) is 103 Å². The van der Waals surface area contributed by atoms with Gasteiger partial charge in [0.25, 0.3) is 0 Å². The van der Waals surface area contributed by atoms with E-state index >= 15 is 0 Å². The molecule has 0 aromatic heterocycles. The van der Waals surface area contributed by atoms with E-state index in [1.165, 1.54) is 25.7 Å². The van der Waals surface area contributed by atoms with Crippen LogP contribution in [0.4, 0.5) is 0 Å². The van der Waals surface area contributed by atoms with Gasteiger partial charge in [0.2, 0.25) is 17.7 Å². The molecule has 5 rings (SSSR count). The van der Waals surface area contributed by atoms with E-state index in [9.17, 15) is 14.4 Å². The smallest absolute Gasteiger partial charge is 0.249 e. The van der Waals surface area contributed by atoms with E-state index in [1.807, 2.05) is 0 Å². The van der Waals surface area contributed by atoms with E-state index < -0.39 is 6.04 Å². The van der Waals surface area contributed by atoms with Gasteiger partial charge in [0, 0.05) is 43.6 Å². The first-order chi connectivity index (χ1) is 14.1. The lowest BCUT2D eigenvalue weighted by atomic mass is 9.77. The second kappa shape index (κ2) is 7.96. The molecule has 2 saturated carbocycles. The highest BCUT2D eigenvalue weighted by Gasteiger charge is 2.48. The summed E-state index contributed by atoms with van der Waals surface area (Å²) >= 11 is 0. The van der Waals surface area contributed by atoms with Gasteiger partial charge in [0.1, 0.15) is 6.04 Å². The SMILES string of the molecule is O=C1CCC(N2CC3CCC(NC4NCNC5CCCCC54)CC3C2=O)C(=O)N1. The van der Waals surface area contributed by atoms with Gasteiger partial charge in [0.15, 0.2) is 0 Å². The molecule has 7 atom stereocenters. The molecule has 3 saturated heterocycles. The molecule has 3 aliphatic heterocycles. The van der Waals surface area contributed by atoms with Crippen molar-refractivity contribution in [3.05, 3.63) is 0 Å². The average Bonchev–Trinajstić information content (AvgIpc) is 3.04. The van der Waals surface area contributed by atoms with Gasteiger partial charge in [-0.05, 0) is 44.4 Å². The van der Waals surface area contributed by atoms with Crippen LogP contribution in [0, 0.1) is 17.8 Å². The molecule has 0 aromatic carbocycles. The molecule has 8 heteroatoms. The van der Waals surface area contributed by atoms with Gasteiger partial charge < -0.3 is 10.2 Å². The molecule has 0 bridgehead atoms. The molecule has 160 valence electrons. The van der Waals surface area contributed by atoms with Crippen LogP contribution in [0.15, 0.2) is 0 Å². The van der Waals surface area contributed by atoms with Crippen molar-refractivity contribution in [1.29, 1.82) is 0 Å². The Morgan fingerprint density at radius 2 is 1.83 bits per heavy atom. The van der Waals surface area contributed by atoms with Crippen LogP contribution in [-0.2, 0) is 14.4 Å². The molecule has 0 radical (unpaired) electrons. The normalized spacial score (nSPS) is 43.0. The number of hydrogen-bond donors (Lipinski definition) is 4. The van der Waals surface area contributed by atoms with Crippen molar-refractivity contribution in [2.24, 2.45) is 17.8 Å². The van der Waals surface area contributed by atoms with E-state index in [0.717, 1.165) is 25.9 Å². The third-order valence-corrected chi connectivity index (χ3v) is 7.96. The van der Waals surface area contributed by atoms with E-state index in [-0.39, 0.29) is 23.6 Å². The summed E-state index contributed by atoms with van der Waals surface area (Å²) in [6.45, 7) is 1.51. The summed E-state index contributed by atoms with van der Waals surface area (Å²) in [5, 5.41) is 13.5. The predicted octanol–water partition coefficient (Wildman–Crippen LogP) is 0.0435. The van der Waals surface area contributed by atoms with Gasteiger partial charge in [-0.25, -0.2) is 0 Å². The van der Waals surface area contributed by atoms with Gasteiger partial charge in [-0.3, -0.25) is 30.3 Å². The largest absolute Gasteiger partial charge is 0.330 e. The van der Waals surface area contributed by atoms with E-state index in [2.05, 4.69) is 21.3 Å². The number of fused-ring (bicyclic) bond motifs is 2. The number of nitrogens with one attached hydrogen (secondary N) is 4. The molecular weight excluding hydrogens is 370 g/mol. The highest BCUT2D eigenvalue weighted by Crippen LogP contribution is 2.39. The summed E-state index contributed by atoms with van der Waals surface area (Å²) in [5.41, 5.74) is 0. The number of carbonyl (C=O) groups excluding carboxylic acids is 3. The lowest BCUT2D eigenvalue weighted by Gasteiger charge is -2.45. The number of carbonyl (C=O) groups is 3. The number of nitrogens with zero attached hydrogens (tertiary/aromatic N) is 1. The van der Waals surface area contributed by atoms with Gasteiger partial charge in [-0.15, -0.1) is 0 Å². The number of likely N-dealkylation sites (tertiary alicyclic amines) is 1.